The molecule has 0 aromatic heterocycles. The zero-order chi connectivity index (χ0) is 14.0. The second kappa shape index (κ2) is 9.20. The number of unbranched alkanes of at least 4 members (excludes halogenated alkanes) is 2. The first-order valence-electron chi connectivity index (χ1n) is 6.86. The standard InChI is InChI=1S/C14H29NO3/c1-12(2)11-17-13(16)15-9-7-6-8-10-18-14(3,4)5/h12H,6-11H2,1-5H3,(H,15,16). The minimum atomic E-state index is -0.311. The number of nitrogens with one attached hydrogen (secondary N) is 1. The van der Waals surface area contributed by atoms with Gasteiger partial charge in [-0.15, -0.1) is 0 Å². The van der Waals surface area contributed by atoms with E-state index in [-0.39, 0.29) is 11.7 Å². The molecule has 108 valence electrons. The van der Waals surface area contributed by atoms with Crippen molar-refractivity contribution in [2.24, 2.45) is 5.92 Å². The van der Waals surface area contributed by atoms with E-state index >= 15 is 0 Å². The summed E-state index contributed by atoms with van der Waals surface area (Å²) in [5, 5.41) is 2.74. The highest BCUT2D eigenvalue weighted by molar-refractivity contribution is 5.66. The summed E-state index contributed by atoms with van der Waals surface area (Å²) >= 11 is 0. The predicted octanol–water partition coefficient (Wildman–Crippen LogP) is 3.35. The van der Waals surface area contributed by atoms with E-state index in [4.69, 9.17) is 9.47 Å². The van der Waals surface area contributed by atoms with Gasteiger partial charge >= 0.3 is 6.09 Å². The van der Waals surface area contributed by atoms with Crippen molar-refractivity contribution in [2.45, 2.75) is 59.5 Å². The Morgan fingerprint density at radius 1 is 1.17 bits per heavy atom. The lowest BCUT2D eigenvalue weighted by Gasteiger charge is -2.19. The monoisotopic (exact) mass is 259 g/mol. The first-order valence-corrected chi connectivity index (χ1v) is 6.86. The van der Waals surface area contributed by atoms with Gasteiger partial charge in [-0.1, -0.05) is 13.8 Å². The number of hydrogen-bond acceptors (Lipinski definition) is 3. The van der Waals surface area contributed by atoms with Crippen LogP contribution in [0.1, 0.15) is 53.9 Å². The smallest absolute Gasteiger partial charge is 0.407 e. The number of ether oxygens (including phenoxy) is 2. The highest BCUT2D eigenvalue weighted by atomic mass is 16.5. The van der Waals surface area contributed by atoms with Gasteiger partial charge in [0.25, 0.3) is 0 Å². The Balaban J connectivity index is 3.28. The maximum Gasteiger partial charge on any atom is 0.407 e. The van der Waals surface area contributed by atoms with Crippen LogP contribution >= 0.6 is 0 Å². The Labute approximate surface area is 111 Å². The van der Waals surface area contributed by atoms with Gasteiger partial charge in [-0.2, -0.15) is 0 Å². The quantitative estimate of drug-likeness (QED) is 0.680. The van der Waals surface area contributed by atoms with E-state index in [9.17, 15) is 4.79 Å². The van der Waals surface area contributed by atoms with E-state index in [1.54, 1.807) is 0 Å². The molecule has 0 unspecified atom stereocenters. The molecule has 0 aromatic rings. The van der Waals surface area contributed by atoms with Crippen LogP contribution in [0.2, 0.25) is 0 Å². The molecular weight excluding hydrogens is 230 g/mol. The summed E-state index contributed by atoms with van der Waals surface area (Å²) in [6, 6.07) is 0. The Kier molecular flexibility index (Phi) is 8.81. The van der Waals surface area contributed by atoms with Crippen molar-refractivity contribution in [2.75, 3.05) is 19.8 Å². The molecule has 0 rings (SSSR count). The summed E-state index contributed by atoms with van der Waals surface area (Å²) in [6.07, 6.45) is 2.74. The van der Waals surface area contributed by atoms with Gasteiger partial charge in [0.1, 0.15) is 0 Å². The number of carbonyl (C=O) groups excluding carboxylic acids is 1. The maximum atomic E-state index is 11.2. The van der Waals surface area contributed by atoms with E-state index in [1.165, 1.54) is 0 Å². The molecule has 0 heterocycles. The summed E-state index contributed by atoms with van der Waals surface area (Å²) in [6.45, 7) is 12.1. The molecular formula is C14H29NO3. The highest BCUT2D eigenvalue weighted by Crippen LogP contribution is 2.08. The van der Waals surface area contributed by atoms with Gasteiger partial charge in [0.05, 0.1) is 12.2 Å². The van der Waals surface area contributed by atoms with Crippen LogP contribution in [0.4, 0.5) is 4.79 Å². The van der Waals surface area contributed by atoms with Crippen molar-refractivity contribution in [3.05, 3.63) is 0 Å². The van der Waals surface area contributed by atoms with Crippen LogP contribution in [-0.4, -0.2) is 31.5 Å². The van der Waals surface area contributed by atoms with Gasteiger partial charge in [0.15, 0.2) is 0 Å². The molecule has 0 radical (unpaired) electrons. The van der Waals surface area contributed by atoms with Crippen LogP contribution in [-0.2, 0) is 9.47 Å². The topological polar surface area (TPSA) is 47.6 Å². The van der Waals surface area contributed by atoms with Crippen LogP contribution in [0.15, 0.2) is 0 Å². The van der Waals surface area contributed by atoms with Crippen molar-refractivity contribution in [3.8, 4) is 0 Å². The van der Waals surface area contributed by atoms with Gasteiger partial charge in [-0.25, -0.2) is 4.79 Å². The summed E-state index contributed by atoms with van der Waals surface area (Å²) in [7, 11) is 0. The zero-order valence-electron chi connectivity index (χ0n) is 12.5. The van der Waals surface area contributed by atoms with E-state index < -0.39 is 0 Å². The average Bonchev–Trinajstić information content (AvgIpc) is 2.23. The molecule has 0 spiro atoms. The summed E-state index contributed by atoms with van der Waals surface area (Å²) in [4.78, 5) is 11.2. The van der Waals surface area contributed by atoms with E-state index in [0.717, 1.165) is 25.9 Å². The second-order valence-corrected chi connectivity index (χ2v) is 5.94. The number of alkyl carbamates (subject to hydrolysis) is 1. The first kappa shape index (κ1) is 17.2. The molecule has 0 aliphatic rings. The van der Waals surface area contributed by atoms with Crippen molar-refractivity contribution in [3.63, 3.8) is 0 Å². The maximum absolute atomic E-state index is 11.2. The average molecular weight is 259 g/mol. The Morgan fingerprint density at radius 2 is 1.83 bits per heavy atom. The molecule has 4 heteroatoms. The van der Waals surface area contributed by atoms with Gasteiger partial charge in [-0.05, 0) is 46.0 Å². The number of hydrogen-bond donors (Lipinski definition) is 1. The van der Waals surface area contributed by atoms with Gasteiger partial charge in [-0.3, -0.25) is 0 Å². The van der Waals surface area contributed by atoms with Crippen LogP contribution in [0.3, 0.4) is 0 Å². The van der Waals surface area contributed by atoms with E-state index in [1.807, 2.05) is 13.8 Å². The molecule has 0 saturated heterocycles. The summed E-state index contributed by atoms with van der Waals surface area (Å²) in [5.74, 6) is 0.380. The lowest BCUT2D eigenvalue weighted by atomic mass is 10.2. The summed E-state index contributed by atoms with van der Waals surface area (Å²) in [5.41, 5.74) is -0.0566. The van der Waals surface area contributed by atoms with Crippen molar-refractivity contribution >= 4 is 6.09 Å². The SMILES string of the molecule is CC(C)COC(=O)NCCCCCOC(C)(C)C. The van der Waals surface area contributed by atoms with Crippen molar-refractivity contribution in [1.82, 2.24) is 5.32 Å². The van der Waals surface area contributed by atoms with Gasteiger partial charge < -0.3 is 14.8 Å². The highest BCUT2D eigenvalue weighted by Gasteiger charge is 2.08. The fourth-order valence-corrected chi connectivity index (χ4v) is 1.27. The normalized spacial score (nSPS) is 11.7. The van der Waals surface area contributed by atoms with Crippen LogP contribution < -0.4 is 5.32 Å². The van der Waals surface area contributed by atoms with Crippen molar-refractivity contribution in [1.29, 1.82) is 0 Å². The molecule has 0 fully saturated rings. The fourth-order valence-electron chi connectivity index (χ4n) is 1.27. The molecule has 18 heavy (non-hydrogen) atoms. The third-order valence-electron chi connectivity index (χ3n) is 2.17. The molecule has 1 amide bonds. The number of rotatable bonds is 8. The predicted molar refractivity (Wildman–Crippen MR) is 73.7 cm³/mol. The Morgan fingerprint density at radius 3 is 2.39 bits per heavy atom. The largest absolute Gasteiger partial charge is 0.449 e. The van der Waals surface area contributed by atoms with Gasteiger partial charge in [0, 0.05) is 13.2 Å². The first-order chi connectivity index (χ1) is 8.31. The molecule has 0 aliphatic carbocycles. The third kappa shape index (κ3) is 13.3. The molecule has 0 atom stereocenters. The molecule has 0 aromatic carbocycles. The van der Waals surface area contributed by atoms with Crippen LogP contribution in [0, 0.1) is 5.92 Å². The van der Waals surface area contributed by atoms with Crippen LogP contribution in [0.25, 0.3) is 0 Å². The lowest BCUT2D eigenvalue weighted by molar-refractivity contribution is -0.00467. The molecule has 4 nitrogen and oxygen atoms in total. The molecule has 0 aliphatic heterocycles. The molecule has 0 saturated carbocycles. The van der Waals surface area contributed by atoms with E-state index in [2.05, 4.69) is 26.1 Å². The van der Waals surface area contributed by atoms with Crippen LogP contribution in [0.5, 0.6) is 0 Å². The van der Waals surface area contributed by atoms with Crippen molar-refractivity contribution < 1.29 is 14.3 Å². The molecule has 0 bridgehead atoms. The minimum absolute atomic E-state index is 0.0566. The van der Waals surface area contributed by atoms with Gasteiger partial charge in [0.2, 0.25) is 0 Å². The van der Waals surface area contributed by atoms with E-state index in [0.29, 0.717) is 19.1 Å². The number of amides is 1. The zero-order valence-corrected chi connectivity index (χ0v) is 12.5. The third-order valence-corrected chi connectivity index (χ3v) is 2.17. The fraction of sp³-hybridized carbons (Fsp3) is 0.929. The lowest BCUT2D eigenvalue weighted by Crippen LogP contribution is -2.26. The Bertz CT molecular complexity index is 222. The summed E-state index contributed by atoms with van der Waals surface area (Å²) < 4.78 is 10.6. The molecule has 1 N–H and O–H groups in total. The minimum Gasteiger partial charge on any atom is -0.449 e. The Hall–Kier alpha value is -0.770. The number of carbonyl (C=O) groups is 1. The second-order valence-electron chi connectivity index (χ2n) is 5.94.